The first-order chi connectivity index (χ1) is 7.58. The molecule has 1 aliphatic rings. The van der Waals surface area contributed by atoms with E-state index in [0.717, 1.165) is 22.2 Å². The SMILES string of the molecule is CC1CC(N)=NN=C1c1cc(Br)ccc1Cl. The Morgan fingerprint density at radius 2 is 2.19 bits per heavy atom. The monoisotopic (exact) mass is 299 g/mol. The predicted octanol–water partition coefficient (Wildman–Crippen LogP) is 3.20. The van der Waals surface area contributed by atoms with Gasteiger partial charge in [0.2, 0.25) is 0 Å². The molecule has 0 fully saturated rings. The van der Waals surface area contributed by atoms with Crippen LogP contribution in [0.2, 0.25) is 5.02 Å². The number of hydrogen-bond acceptors (Lipinski definition) is 3. The summed E-state index contributed by atoms with van der Waals surface area (Å²) in [4.78, 5) is 0. The molecule has 1 atom stereocenters. The first-order valence-electron chi connectivity index (χ1n) is 4.93. The third-order valence-corrected chi connectivity index (χ3v) is 3.30. The lowest BCUT2D eigenvalue weighted by Crippen LogP contribution is -2.25. The van der Waals surface area contributed by atoms with Crippen LogP contribution in [-0.2, 0) is 0 Å². The number of amidine groups is 1. The summed E-state index contributed by atoms with van der Waals surface area (Å²) >= 11 is 9.57. The minimum atomic E-state index is 0.240. The highest BCUT2D eigenvalue weighted by Gasteiger charge is 2.20. The van der Waals surface area contributed by atoms with Crippen molar-refractivity contribution in [1.29, 1.82) is 0 Å². The molecule has 16 heavy (non-hydrogen) atoms. The molecule has 5 heteroatoms. The maximum absolute atomic E-state index is 6.15. The average Bonchev–Trinajstić information content (AvgIpc) is 2.22. The summed E-state index contributed by atoms with van der Waals surface area (Å²) in [5.74, 6) is 0.812. The van der Waals surface area contributed by atoms with Gasteiger partial charge < -0.3 is 5.73 Å². The highest BCUT2D eigenvalue weighted by molar-refractivity contribution is 9.10. The minimum absolute atomic E-state index is 0.240. The molecular weight excluding hydrogens is 289 g/mol. The van der Waals surface area contributed by atoms with E-state index in [9.17, 15) is 0 Å². The Balaban J connectivity index is 2.48. The Hall–Kier alpha value is -0.870. The van der Waals surface area contributed by atoms with Crippen LogP contribution in [0.3, 0.4) is 0 Å². The van der Waals surface area contributed by atoms with E-state index in [-0.39, 0.29) is 5.92 Å². The summed E-state index contributed by atoms with van der Waals surface area (Å²) in [6, 6.07) is 5.70. The first-order valence-corrected chi connectivity index (χ1v) is 6.10. The largest absolute Gasteiger partial charge is 0.386 e. The zero-order valence-corrected chi connectivity index (χ0v) is 11.1. The molecule has 1 unspecified atom stereocenters. The molecule has 0 radical (unpaired) electrons. The van der Waals surface area contributed by atoms with Gasteiger partial charge in [0.1, 0.15) is 5.84 Å². The molecule has 0 aromatic heterocycles. The molecular formula is C11H11BrClN3. The normalized spacial score (nSPS) is 20.3. The van der Waals surface area contributed by atoms with Crippen LogP contribution in [0, 0.1) is 5.92 Å². The van der Waals surface area contributed by atoms with E-state index in [1.165, 1.54) is 0 Å². The van der Waals surface area contributed by atoms with Crippen LogP contribution >= 0.6 is 27.5 Å². The summed E-state index contributed by atoms with van der Waals surface area (Å²) < 4.78 is 0.976. The maximum Gasteiger partial charge on any atom is 0.123 e. The van der Waals surface area contributed by atoms with Crippen LogP contribution in [0.5, 0.6) is 0 Å². The van der Waals surface area contributed by atoms with E-state index in [4.69, 9.17) is 17.3 Å². The topological polar surface area (TPSA) is 50.7 Å². The van der Waals surface area contributed by atoms with Crippen LogP contribution in [-0.4, -0.2) is 11.5 Å². The van der Waals surface area contributed by atoms with Crippen LogP contribution in [0.1, 0.15) is 18.9 Å². The Morgan fingerprint density at radius 1 is 1.44 bits per heavy atom. The smallest absolute Gasteiger partial charge is 0.123 e. The molecule has 0 saturated carbocycles. The number of benzene rings is 1. The van der Waals surface area contributed by atoms with E-state index in [1.807, 2.05) is 18.2 Å². The molecule has 3 nitrogen and oxygen atoms in total. The van der Waals surface area contributed by atoms with Gasteiger partial charge in [-0.2, -0.15) is 5.10 Å². The van der Waals surface area contributed by atoms with Crippen molar-refractivity contribution in [3.63, 3.8) is 0 Å². The molecule has 1 aliphatic heterocycles. The van der Waals surface area contributed by atoms with Gasteiger partial charge in [0, 0.05) is 27.4 Å². The van der Waals surface area contributed by atoms with E-state index >= 15 is 0 Å². The van der Waals surface area contributed by atoms with Gasteiger partial charge >= 0.3 is 0 Å². The molecule has 0 bridgehead atoms. The number of rotatable bonds is 1. The molecule has 0 saturated heterocycles. The van der Waals surface area contributed by atoms with E-state index in [0.29, 0.717) is 10.9 Å². The fourth-order valence-corrected chi connectivity index (χ4v) is 2.26. The zero-order valence-electron chi connectivity index (χ0n) is 8.74. The van der Waals surface area contributed by atoms with E-state index < -0.39 is 0 Å². The summed E-state index contributed by atoms with van der Waals surface area (Å²) in [5.41, 5.74) is 7.44. The molecule has 1 heterocycles. The number of hydrogen-bond donors (Lipinski definition) is 1. The van der Waals surface area contributed by atoms with Crippen LogP contribution < -0.4 is 5.73 Å². The fraction of sp³-hybridized carbons (Fsp3) is 0.273. The lowest BCUT2D eigenvalue weighted by atomic mass is 9.94. The van der Waals surface area contributed by atoms with Gasteiger partial charge in [-0.25, -0.2) is 0 Å². The summed E-state index contributed by atoms with van der Waals surface area (Å²) in [7, 11) is 0. The highest BCUT2D eigenvalue weighted by Crippen LogP contribution is 2.26. The van der Waals surface area contributed by atoms with Crippen molar-refractivity contribution in [2.45, 2.75) is 13.3 Å². The summed E-state index contributed by atoms with van der Waals surface area (Å²) in [5, 5.41) is 8.74. The molecule has 84 valence electrons. The Labute approximate surface area is 108 Å². The van der Waals surface area contributed by atoms with Crippen LogP contribution in [0.15, 0.2) is 32.9 Å². The summed E-state index contributed by atoms with van der Waals surface area (Å²) in [6.45, 7) is 2.07. The Morgan fingerprint density at radius 3 is 2.88 bits per heavy atom. The second kappa shape index (κ2) is 4.55. The summed E-state index contributed by atoms with van der Waals surface area (Å²) in [6.07, 6.45) is 0.724. The van der Waals surface area contributed by atoms with Gasteiger partial charge in [0.15, 0.2) is 0 Å². The number of halogens is 2. The predicted molar refractivity (Wildman–Crippen MR) is 71.1 cm³/mol. The van der Waals surface area contributed by atoms with Crippen LogP contribution in [0.25, 0.3) is 0 Å². The second-order valence-corrected chi connectivity index (χ2v) is 5.13. The third kappa shape index (κ3) is 2.28. The van der Waals surface area contributed by atoms with E-state index in [2.05, 4.69) is 33.1 Å². The van der Waals surface area contributed by atoms with Crippen molar-refractivity contribution in [3.05, 3.63) is 33.3 Å². The quantitative estimate of drug-likeness (QED) is 0.850. The molecule has 0 spiro atoms. The standard InChI is InChI=1S/C11H11BrClN3/c1-6-4-10(14)15-16-11(6)8-5-7(12)2-3-9(8)13/h2-3,5-6H,4H2,1H3,(H2,14,15). The van der Waals surface area contributed by atoms with Crippen molar-refractivity contribution in [2.75, 3.05) is 0 Å². The van der Waals surface area contributed by atoms with Gasteiger partial charge in [-0.1, -0.05) is 34.5 Å². The molecule has 2 N–H and O–H groups in total. The lowest BCUT2D eigenvalue weighted by molar-refractivity contribution is 0.783. The van der Waals surface area contributed by atoms with Gasteiger partial charge in [0.05, 0.1) is 5.71 Å². The molecule has 1 aromatic rings. The average molecular weight is 301 g/mol. The molecule has 2 rings (SSSR count). The van der Waals surface area contributed by atoms with Gasteiger partial charge in [-0.05, 0) is 18.2 Å². The van der Waals surface area contributed by atoms with Gasteiger partial charge in [-0.3, -0.25) is 0 Å². The van der Waals surface area contributed by atoms with Crippen molar-refractivity contribution >= 4 is 39.1 Å². The van der Waals surface area contributed by atoms with Gasteiger partial charge in [-0.15, -0.1) is 5.10 Å². The third-order valence-electron chi connectivity index (χ3n) is 2.47. The molecule has 0 amide bonds. The zero-order chi connectivity index (χ0) is 11.7. The molecule has 0 aliphatic carbocycles. The Bertz CT molecular complexity index is 482. The second-order valence-electron chi connectivity index (χ2n) is 3.81. The highest BCUT2D eigenvalue weighted by atomic mass is 79.9. The number of nitrogens with two attached hydrogens (primary N) is 1. The Kier molecular flexibility index (Phi) is 3.30. The maximum atomic E-state index is 6.15. The van der Waals surface area contributed by atoms with Crippen molar-refractivity contribution in [3.8, 4) is 0 Å². The minimum Gasteiger partial charge on any atom is -0.386 e. The van der Waals surface area contributed by atoms with E-state index in [1.54, 1.807) is 0 Å². The van der Waals surface area contributed by atoms with Gasteiger partial charge in [0.25, 0.3) is 0 Å². The molecule has 1 aromatic carbocycles. The first kappa shape index (κ1) is 11.6. The van der Waals surface area contributed by atoms with Crippen LogP contribution in [0.4, 0.5) is 0 Å². The van der Waals surface area contributed by atoms with Crippen molar-refractivity contribution in [1.82, 2.24) is 0 Å². The fourth-order valence-electron chi connectivity index (χ4n) is 1.68. The van der Waals surface area contributed by atoms with Crippen molar-refractivity contribution in [2.24, 2.45) is 21.9 Å². The lowest BCUT2D eigenvalue weighted by Gasteiger charge is -2.18. The van der Waals surface area contributed by atoms with Crippen molar-refractivity contribution < 1.29 is 0 Å². The number of nitrogens with zero attached hydrogens (tertiary/aromatic N) is 2.